The van der Waals surface area contributed by atoms with Crippen molar-refractivity contribution >= 4 is 40.2 Å². The summed E-state index contributed by atoms with van der Waals surface area (Å²) in [6, 6.07) is 0. The van der Waals surface area contributed by atoms with E-state index < -0.39 is 12.5 Å². The summed E-state index contributed by atoms with van der Waals surface area (Å²) >= 11 is 6.10. The minimum absolute atomic E-state index is 0.216. The lowest BCUT2D eigenvalue weighted by molar-refractivity contribution is -0.305. The van der Waals surface area contributed by atoms with Crippen LogP contribution in [0.5, 0.6) is 0 Å². The highest BCUT2D eigenvalue weighted by Crippen LogP contribution is 2.28. The third-order valence-electron chi connectivity index (χ3n) is 1.66. The molecule has 0 saturated carbocycles. The van der Waals surface area contributed by atoms with Gasteiger partial charge in [-0.2, -0.15) is 0 Å². The van der Waals surface area contributed by atoms with Crippen LogP contribution in [0.2, 0.25) is 0 Å². The van der Waals surface area contributed by atoms with Gasteiger partial charge in [0.25, 0.3) is 0 Å². The molecule has 0 aromatic heterocycles. The zero-order chi connectivity index (χ0) is 10.0. The van der Waals surface area contributed by atoms with Gasteiger partial charge in [0.1, 0.15) is 4.32 Å². The molecule has 1 atom stereocenters. The fourth-order valence-corrected chi connectivity index (χ4v) is 2.45. The van der Waals surface area contributed by atoms with Crippen molar-refractivity contribution in [3.63, 3.8) is 0 Å². The van der Waals surface area contributed by atoms with Crippen LogP contribution in [0.4, 0.5) is 0 Å². The molecule has 1 amide bonds. The maximum Gasteiger partial charge on any atom is 0.241 e. The molecule has 1 heterocycles. The van der Waals surface area contributed by atoms with Crippen LogP contribution in [-0.4, -0.2) is 32.9 Å². The second-order valence-corrected chi connectivity index (χ2v) is 4.41. The van der Waals surface area contributed by atoms with E-state index in [-0.39, 0.29) is 11.2 Å². The summed E-state index contributed by atoms with van der Waals surface area (Å²) < 4.78 is 0.334. The van der Waals surface area contributed by atoms with Crippen molar-refractivity contribution in [2.24, 2.45) is 0 Å². The van der Waals surface area contributed by atoms with E-state index >= 15 is 0 Å². The number of thiocarbonyl (C=S) groups is 1. The van der Waals surface area contributed by atoms with Gasteiger partial charge in [-0.1, -0.05) is 30.9 Å². The summed E-state index contributed by atoms with van der Waals surface area (Å²) in [5.41, 5.74) is 0. The zero-order valence-electron chi connectivity index (χ0n) is 6.98. The van der Waals surface area contributed by atoms with E-state index in [2.05, 4.69) is 0 Å². The molecule has 0 radical (unpaired) electrons. The first kappa shape index (κ1) is 10.5. The Bertz CT molecular complexity index is 266. The summed E-state index contributed by atoms with van der Waals surface area (Å²) in [6.07, 6.45) is 0.660. The molecule has 1 saturated heterocycles. The lowest BCUT2D eigenvalue weighted by atomic mass is 10.3. The lowest BCUT2D eigenvalue weighted by Gasteiger charge is -2.15. The smallest absolute Gasteiger partial charge is 0.241 e. The van der Waals surface area contributed by atoms with Gasteiger partial charge in [-0.3, -0.25) is 9.69 Å². The number of aliphatic carboxylic acids is 1. The van der Waals surface area contributed by atoms with E-state index in [1.165, 1.54) is 11.8 Å². The van der Waals surface area contributed by atoms with E-state index in [0.29, 0.717) is 10.7 Å². The van der Waals surface area contributed by atoms with Crippen molar-refractivity contribution in [2.45, 2.75) is 18.6 Å². The van der Waals surface area contributed by atoms with Gasteiger partial charge >= 0.3 is 0 Å². The van der Waals surface area contributed by atoms with Crippen LogP contribution < -0.4 is 5.11 Å². The van der Waals surface area contributed by atoms with Crippen LogP contribution in [-0.2, 0) is 9.59 Å². The largest absolute Gasteiger partial charge is 0.548 e. The molecule has 72 valence electrons. The van der Waals surface area contributed by atoms with Crippen LogP contribution in [0.3, 0.4) is 0 Å². The summed E-state index contributed by atoms with van der Waals surface area (Å²) in [7, 11) is 0. The van der Waals surface area contributed by atoms with Gasteiger partial charge in [-0.25, -0.2) is 0 Å². The van der Waals surface area contributed by atoms with Gasteiger partial charge in [-0.05, 0) is 6.42 Å². The highest BCUT2D eigenvalue weighted by molar-refractivity contribution is 8.24. The lowest BCUT2D eigenvalue weighted by Crippen LogP contribution is -2.41. The quantitative estimate of drug-likeness (QED) is 0.591. The van der Waals surface area contributed by atoms with Gasteiger partial charge in [0.05, 0.1) is 17.8 Å². The number of carbonyl (C=O) groups is 2. The number of rotatable bonds is 3. The Hall–Kier alpha value is -0.620. The minimum atomic E-state index is -1.28. The predicted octanol–water partition coefficient (Wildman–Crippen LogP) is -0.625. The van der Waals surface area contributed by atoms with E-state index in [1.807, 2.05) is 6.92 Å². The Morgan fingerprint density at radius 3 is 2.77 bits per heavy atom. The monoisotopic (exact) mass is 218 g/mol. The fraction of sp³-hybridized carbons (Fsp3) is 0.571. The number of carboxylic acids is 1. The first-order chi connectivity index (χ1) is 6.06. The molecule has 0 spiro atoms. The number of amides is 1. The van der Waals surface area contributed by atoms with Gasteiger partial charge < -0.3 is 9.90 Å². The second kappa shape index (κ2) is 4.06. The Balaban J connectivity index is 2.70. The Morgan fingerprint density at radius 1 is 1.77 bits per heavy atom. The third kappa shape index (κ3) is 2.19. The van der Waals surface area contributed by atoms with Crippen LogP contribution in [0.15, 0.2) is 0 Å². The van der Waals surface area contributed by atoms with Crippen LogP contribution in [0.25, 0.3) is 0 Å². The highest BCUT2D eigenvalue weighted by Gasteiger charge is 2.35. The normalized spacial score (nSPS) is 22.5. The van der Waals surface area contributed by atoms with E-state index in [9.17, 15) is 14.7 Å². The minimum Gasteiger partial charge on any atom is -0.548 e. The molecule has 4 nitrogen and oxygen atoms in total. The molecule has 13 heavy (non-hydrogen) atoms. The first-order valence-corrected chi connectivity index (χ1v) is 5.07. The topological polar surface area (TPSA) is 60.4 Å². The number of thioether (sulfide) groups is 1. The first-order valence-electron chi connectivity index (χ1n) is 3.78. The van der Waals surface area contributed by atoms with E-state index in [0.717, 1.165) is 4.90 Å². The van der Waals surface area contributed by atoms with Gasteiger partial charge in [0.15, 0.2) is 0 Å². The summed E-state index contributed by atoms with van der Waals surface area (Å²) in [4.78, 5) is 22.8. The molecule has 6 heteroatoms. The van der Waals surface area contributed by atoms with Crippen molar-refractivity contribution in [3.8, 4) is 0 Å². The molecular weight excluding hydrogens is 210 g/mol. The van der Waals surface area contributed by atoms with Crippen molar-refractivity contribution in [2.75, 3.05) is 6.54 Å². The maximum absolute atomic E-state index is 11.4. The molecule has 1 aliphatic rings. The maximum atomic E-state index is 11.4. The van der Waals surface area contributed by atoms with Gasteiger partial charge in [0.2, 0.25) is 5.91 Å². The molecule has 1 aliphatic heterocycles. The number of hydrogen-bond acceptors (Lipinski definition) is 5. The van der Waals surface area contributed by atoms with Crippen LogP contribution in [0.1, 0.15) is 13.3 Å². The summed E-state index contributed by atoms with van der Waals surface area (Å²) in [5, 5.41) is 10.1. The molecule has 1 rings (SSSR count). The number of nitrogens with zero attached hydrogens (tertiary/aromatic N) is 1. The second-order valence-electron chi connectivity index (χ2n) is 2.58. The van der Waals surface area contributed by atoms with E-state index in [1.54, 1.807) is 0 Å². The third-order valence-corrected chi connectivity index (χ3v) is 3.41. The van der Waals surface area contributed by atoms with Crippen LogP contribution >= 0.6 is 24.0 Å². The van der Waals surface area contributed by atoms with Crippen LogP contribution in [0, 0.1) is 0 Å². The zero-order valence-corrected chi connectivity index (χ0v) is 8.61. The predicted molar refractivity (Wildman–Crippen MR) is 51.0 cm³/mol. The SMILES string of the molecule is CC[C@H]1SC(=S)N(CC(=O)[O-])C1=O. The number of hydrogen-bond donors (Lipinski definition) is 0. The van der Waals surface area contributed by atoms with Crippen molar-refractivity contribution < 1.29 is 14.7 Å². The Labute approximate surface area is 85.3 Å². The highest BCUT2D eigenvalue weighted by atomic mass is 32.2. The fourth-order valence-electron chi connectivity index (χ4n) is 1.03. The van der Waals surface area contributed by atoms with Crippen molar-refractivity contribution in [3.05, 3.63) is 0 Å². The molecule has 0 aromatic carbocycles. The van der Waals surface area contributed by atoms with Crippen molar-refractivity contribution in [1.29, 1.82) is 0 Å². The average Bonchev–Trinajstić information content (AvgIpc) is 2.31. The molecule has 0 N–H and O–H groups in total. The molecule has 1 fully saturated rings. The summed E-state index contributed by atoms with van der Waals surface area (Å²) in [5.74, 6) is -1.50. The van der Waals surface area contributed by atoms with Crippen molar-refractivity contribution in [1.82, 2.24) is 4.90 Å². The van der Waals surface area contributed by atoms with Gasteiger partial charge in [-0.15, -0.1) is 0 Å². The molecule has 0 bridgehead atoms. The molecule has 0 unspecified atom stereocenters. The number of carbonyl (C=O) groups excluding carboxylic acids is 2. The molecule has 0 aliphatic carbocycles. The molecular formula is C7H8NO3S2-. The Kier molecular flexibility index (Phi) is 3.27. The van der Waals surface area contributed by atoms with Gasteiger partial charge in [0, 0.05) is 0 Å². The summed E-state index contributed by atoms with van der Waals surface area (Å²) in [6.45, 7) is 1.43. The average molecular weight is 218 g/mol. The standard InChI is InChI=1S/C7H9NO3S2/c1-2-4-6(11)8(3-5(9)10)7(12)13-4/h4H,2-3H2,1H3,(H,9,10)/p-1/t4-/m1/s1. The Morgan fingerprint density at radius 2 is 2.38 bits per heavy atom. The van der Waals surface area contributed by atoms with E-state index in [4.69, 9.17) is 12.2 Å². The molecule has 0 aromatic rings. The number of carboxylic acid groups (broad SMARTS) is 1.